The molecule has 0 N–H and O–H groups in total. The number of carbonyl (C=O) groups excluding carboxylic acids is 1. The van der Waals surface area contributed by atoms with Crippen LogP contribution in [0.2, 0.25) is 0 Å². The van der Waals surface area contributed by atoms with Crippen molar-refractivity contribution in [2.75, 3.05) is 6.54 Å². The van der Waals surface area contributed by atoms with Gasteiger partial charge in [0.2, 0.25) is 0 Å². The van der Waals surface area contributed by atoms with E-state index in [4.69, 9.17) is 4.74 Å². The van der Waals surface area contributed by atoms with Crippen molar-refractivity contribution in [1.82, 2.24) is 4.90 Å². The van der Waals surface area contributed by atoms with Crippen LogP contribution in [0.4, 0.5) is 4.79 Å². The number of hydrogen-bond acceptors (Lipinski definition) is 3. The van der Waals surface area contributed by atoms with Crippen LogP contribution in [0.1, 0.15) is 57.5 Å². The molecule has 0 aromatic carbocycles. The number of fused-ring (bicyclic) bond motifs is 1. The lowest BCUT2D eigenvalue weighted by atomic mass is 9.92. The van der Waals surface area contributed by atoms with E-state index in [1.807, 2.05) is 25.7 Å². The minimum atomic E-state index is -0.449. The number of carbonyl (C=O) groups is 1. The van der Waals surface area contributed by atoms with Crippen molar-refractivity contribution >= 4 is 33.4 Å². The number of thiophene rings is 1. The second kappa shape index (κ2) is 6.29. The first-order chi connectivity index (χ1) is 9.67. The summed E-state index contributed by atoms with van der Waals surface area (Å²) < 4.78 is 6.74. The third-order valence-corrected chi connectivity index (χ3v) is 5.16. The lowest BCUT2D eigenvalue weighted by molar-refractivity contribution is 0.0122. The van der Waals surface area contributed by atoms with Crippen molar-refractivity contribution in [2.45, 2.75) is 59.1 Å². The highest BCUT2D eigenvalue weighted by Crippen LogP contribution is 2.41. The minimum absolute atomic E-state index is 0.131. The summed E-state index contributed by atoms with van der Waals surface area (Å²) in [6, 6.07) is 2.30. The molecule has 0 bridgehead atoms. The summed E-state index contributed by atoms with van der Waals surface area (Å²) >= 11 is 5.36. The molecule has 2 heterocycles. The first kappa shape index (κ1) is 16.8. The predicted octanol–water partition coefficient (Wildman–Crippen LogP) is 5.39. The van der Waals surface area contributed by atoms with Crippen molar-refractivity contribution in [1.29, 1.82) is 0 Å². The molecule has 21 heavy (non-hydrogen) atoms. The average molecular weight is 374 g/mol. The molecule has 2 rings (SSSR count). The van der Waals surface area contributed by atoms with Crippen LogP contribution in [0.3, 0.4) is 0 Å². The SMILES string of the molecule is CC(C)CC1c2cc(Br)sc2CCN1C(=O)OC(C)(C)C. The van der Waals surface area contributed by atoms with Gasteiger partial charge in [0.05, 0.1) is 9.83 Å². The molecule has 1 amide bonds. The third-order valence-electron chi connectivity index (χ3n) is 3.45. The van der Waals surface area contributed by atoms with Crippen molar-refractivity contribution in [2.24, 2.45) is 5.92 Å². The summed E-state index contributed by atoms with van der Waals surface area (Å²) in [6.07, 6.45) is 1.69. The van der Waals surface area contributed by atoms with Crippen molar-refractivity contribution in [3.8, 4) is 0 Å². The van der Waals surface area contributed by atoms with Gasteiger partial charge in [-0.15, -0.1) is 11.3 Å². The number of rotatable bonds is 2. The Morgan fingerprint density at radius 2 is 2.19 bits per heavy atom. The molecule has 0 saturated heterocycles. The molecule has 0 spiro atoms. The Hall–Kier alpha value is -0.550. The van der Waals surface area contributed by atoms with Gasteiger partial charge in [0.25, 0.3) is 0 Å². The highest BCUT2D eigenvalue weighted by Gasteiger charge is 2.35. The molecule has 3 nitrogen and oxygen atoms in total. The molecule has 1 unspecified atom stereocenters. The van der Waals surface area contributed by atoms with Crippen molar-refractivity contribution in [3.63, 3.8) is 0 Å². The Kier molecular flexibility index (Phi) is 5.03. The Morgan fingerprint density at radius 1 is 1.52 bits per heavy atom. The average Bonchev–Trinajstić information content (AvgIpc) is 2.67. The van der Waals surface area contributed by atoms with Crippen LogP contribution in [0.15, 0.2) is 9.85 Å². The van der Waals surface area contributed by atoms with Crippen molar-refractivity contribution in [3.05, 3.63) is 20.3 Å². The van der Waals surface area contributed by atoms with Crippen LogP contribution in [-0.2, 0) is 11.2 Å². The van der Waals surface area contributed by atoms with Gasteiger partial charge in [-0.25, -0.2) is 4.79 Å². The van der Waals surface area contributed by atoms with Crippen LogP contribution < -0.4 is 0 Å². The van der Waals surface area contributed by atoms with Gasteiger partial charge in [0.15, 0.2) is 0 Å². The third kappa shape index (κ3) is 4.22. The number of halogens is 1. The molecule has 5 heteroatoms. The maximum absolute atomic E-state index is 12.5. The van der Waals surface area contributed by atoms with Gasteiger partial charge >= 0.3 is 6.09 Å². The lowest BCUT2D eigenvalue weighted by Gasteiger charge is -2.37. The summed E-state index contributed by atoms with van der Waals surface area (Å²) in [5.74, 6) is 0.532. The van der Waals surface area contributed by atoms with Gasteiger partial charge in [0, 0.05) is 11.4 Å². The van der Waals surface area contributed by atoms with E-state index in [1.54, 1.807) is 11.3 Å². The normalized spacial score (nSPS) is 18.8. The smallest absolute Gasteiger partial charge is 0.410 e. The molecular weight excluding hydrogens is 350 g/mol. The lowest BCUT2D eigenvalue weighted by Crippen LogP contribution is -2.43. The maximum atomic E-state index is 12.5. The first-order valence-corrected chi connectivity index (χ1v) is 9.06. The van der Waals surface area contributed by atoms with E-state index in [9.17, 15) is 4.79 Å². The Morgan fingerprint density at radius 3 is 2.76 bits per heavy atom. The van der Waals surface area contributed by atoms with Gasteiger partial charge in [0.1, 0.15) is 5.60 Å². The number of ether oxygens (including phenoxy) is 1. The van der Waals surface area contributed by atoms with E-state index in [0.29, 0.717) is 5.92 Å². The Labute approximate surface area is 139 Å². The first-order valence-electron chi connectivity index (χ1n) is 7.45. The monoisotopic (exact) mass is 373 g/mol. The van der Waals surface area contributed by atoms with E-state index >= 15 is 0 Å². The fourth-order valence-electron chi connectivity index (χ4n) is 2.67. The molecule has 0 aliphatic carbocycles. The summed E-state index contributed by atoms with van der Waals surface area (Å²) in [5, 5.41) is 0. The number of nitrogens with zero attached hydrogens (tertiary/aromatic N) is 1. The summed E-state index contributed by atoms with van der Waals surface area (Å²) in [5.41, 5.74) is 0.840. The van der Waals surface area contributed by atoms with Crippen LogP contribution in [0.5, 0.6) is 0 Å². The summed E-state index contributed by atoms with van der Waals surface area (Å²) in [6.45, 7) is 10.9. The second-order valence-electron chi connectivity index (χ2n) is 7.00. The predicted molar refractivity (Wildman–Crippen MR) is 90.9 cm³/mol. The maximum Gasteiger partial charge on any atom is 0.410 e. The fourth-order valence-corrected chi connectivity index (χ4v) is 4.43. The molecule has 118 valence electrons. The van der Waals surface area contributed by atoms with Crippen molar-refractivity contribution < 1.29 is 9.53 Å². The highest BCUT2D eigenvalue weighted by molar-refractivity contribution is 9.11. The number of hydrogen-bond donors (Lipinski definition) is 0. The van der Waals surface area contributed by atoms with E-state index in [0.717, 1.165) is 23.2 Å². The zero-order valence-electron chi connectivity index (χ0n) is 13.4. The Balaban J connectivity index is 2.26. The van der Waals surface area contributed by atoms with E-state index in [-0.39, 0.29) is 12.1 Å². The molecule has 1 aromatic heterocycles. The fraction of sp³-hybridized carbons (Fsp3) is 0.688. The Bertz CT molecular complexity index is 519. The molecule has 0 radical (unpaired) electrons. The van der Waals surface area contributed by atoms with Gasteiger partial charge in [-0.05, 0) is 67.1 Å². The number of amides is 1. The van der Waals surface area contributed by atoms with Crippen LogP contribution in [0, 0.1) is 5.92 Å². The summed E-state index contributed by atoms with van der Waals surface area (Å²) in [7, 11) is 0. The molecule has 1 aliphatic heterocycles. The molecule has 0 saturated carbocycles. The summed E-state index contributed by atoms with van der Waals surface area (Å²) in [4.78, 5) is 15.8. The van der Waals surface area contributed by atoms with Gasteiger partial charge < -0.3 is 9.64 Å². The van der Waals surface area contributed by atoms with Crippen LogP contribution in [0.25, 0.3) is 0 Å². The van der Waals surface area contributed by atoms with E-state index in [2.05, 4.69) is 35.8 Å². The van der Waals surface area contributed by atoms with E-state index < -0.39 is 5.60 Å². The topological polar surface area (TPSA) is 29.5 Å². The van der Waals surface area contributed by atoms with Gasteiger partial charge in [-0.3, -0.25) is 0 Å². The molecule has 1 aliphatic rings. The molecular formula is C16H24BrNO2S. The van der Waals surface area contributed by atoms with Crippen LogP contribution in [-0.4, -0.2) is 23.1 Å². The van der Waals surface area contributed by atoms with E-state index in [1.165, 1.54) is 10.4 Å². The largest absolute Gasteiger partial charge is 0.444 e. The second-order valence-corrected chi connectivity index (χ2v) is 9.51. The zero-order valence-corrected chi connectivity index (χ0v) is 15.8. The zero-order chi connectivity index (χ0) is 15.8. The molecule has 1 atom stereocenters. The highest BCUT2D eigenvalue weighted by atomic mass is 79.9. The van der Waals surface area contributed by atoms with Crippen LogP contribution >= 0.6 is 27.3 Å². The molecule has 1 aromatic rings. The van der Waals surface area contributed by atoms with Gasteiger partial charge in [-0.2, -0.15) is 0 Å². The minimum Gasteiger partial charge on any atom is -0.444 e. The van der Waals surface area contributed by atoms with Gasteiger partial charge in [-0.1, -0.05) is 13.8 Å². The molecule has 0 fully saturated rings. The standard InChI is InChI=1S/C16H24BrNO2S/c1-10(2)8-12-11-9-14(17)21-13(11)6-7-18(12)15(19)20-16(3,4)5/h9-10,12H,6-8H2,1-5H3. The quantitative estimate of drug-likeness (QED) is 0.695.